The fourth-order valence-electron chi connectivity index (χ4n) is 1.66. The van der Waals surface area contributed by atoms with Crippen LogP contribution in [-0.2, 0) is 10.5 Å². The molecular weight excluding hydrogens is 366 g/mol. The summed E-state index contributed by atoms with van der Waals surface area (Å²) >= 11 is 4.76. The van der Waals surface area contributed by atoms with E-state index in [0.717, 1.165) is 15.8 Å². The average Bonchev–Trinajstić information content (AvgIpc) is 2.97. The smallest absolute Gasteiger partial charge is 0.286 e. The van der Waals surface area contributed by atoms with E-state index in [0.29, 0.717) is 5.69 Å². The lowest BCUT2D eigenvalue weighted by Crippen LogP contribution is -2.45. The van der Waals surface area contributed by atoms with Gasteiger partial charge in [-0.25, -0.2) is 0 Å². The molecule has 22 heavy (non-hydrogen) atoms. The van der Waals surface area contributed by atoms with Crippen molar-refractivity contribution in [1.29, 1.82) is 0 Å². The summed E-state index contributed by atoms with van der Waals surface area (Å²) in [6.45, 7) is 1.81. The first-order valence-corrected chi connectivity index (χ1v) is 8.50. The maximum atomic E-state index is 11.9. The number of carbonyl (C=O) groups is 2. The molecule has 0 spiro atoms. The van der Waals surface area contributed by atoms with E-state index in [1.54, 1.807) is 19.2 Å². The highest BCUT2D eigenvalue weighted by atomic mass is 79.9. The molecule has 1 aromatic heterocycles. The maximum Gasteiger partial charge on any atom is 0.286 e. The second-order valence-electron chi connectivity index (χ2n) is 4.61. The Morgan fingerprint density at radius 3 is 2.64 bits per heavy atom. The van der Waals surface area contributed by atoms with E-state index < -0.39 is 0 Å². The molecule has 3 N–H and O–H groups in total. The molecule has 2 aromatic rings. The number of benzene rings is 1. The van der Waals surface area contributed by atoms with Crippen LogP contribution in [0.25, 0.3) is 0 Å². The number of aromatic amines is 1. The fraction of sp³-hybridized carbons (Fsp3) is 0.200. The van der Waals surface area contributed by atoms with Gasteiger partial charge >= 0.3 is 0 Å². The number of hydrogen-bond acceptors (Lipinski definition) is 3. The predicted octanol–water partition coefficient (Wildman–Crippen LogP) is 2.86. The summed E-state index contributed by atoms with van der Waals surface area (Å²) < 4.78 is 0.774. The van der Waals surface area contributed by atoms with Crippen LogP contribution in [0, 0.1) is 0 Å². The zero-order valence-electron chi connectivity index (χ0n) is 11.9. The topological polar surface area (TPSA) is 74.0 Å². The molecule has 0 aliphatic heterocycles. The van der Waals surface area contributed by atoms with Gasteiger partial charge in [-0.2, -0.15) is 0 Å². The summed E-state index contributed by atoms with van der Waals surface area (Å²) in [5.41, 5.74) is 6.35. The first-order valence-electron chi connectivity index (χ1n) is 6.66. The van der Waals surface area contributed by atoms with Gasteiger partial charge in [-0.15, -0.1) is 11.8 Å². The van der Waals surface area contributed by atoms with Crippen molar-refractivity contribution in [2.45, 2.75) is 17.9 Å². The molecule has 0 saturated heterocycles. The Balaban J connectivity index is 1.75. The molecule has 0 fully saturated rings. The van der Waals surface area contributed by atoms with Gasteiger partial charge in [0, 0.05) is 16.4 Å². The molecule has 0 bridgehead atoms. The Morgan fingerprint density at radius 2 is 2.00 bits per heavy atom. The Kier molecular flexibility index (Phi) is 6.09. The van der Waals surface area contributed by atoms with Gasteiger partial charge in [0.1, 0.15) is 5.69 Å². The highest BCUT2D eigenvalue weighted by Gasteiger charge is 2.15. The van der Waals surface area contributed by atoms with Crippen molar-refractivity contribution in [3.63, 3.8) is 0 Å². The van der Waals surface area contributed by atoms with Crippen LogP contribution in [0.3, 0.4) is 0 Å². The van der Waals surface area contributed by atoms with Crippen LogP contribution in [0.4, 0.5) is 0 Å². The molecule has 1 aromatic carbocycles. The lowest BCUT2D eigenvalue weighted by atomic mass is 10.2. The molecule has 1 heterocycles. The summed E-state index contributed by atoms with van der Waals surface area (Å²) in [5, 5.41) is -0.268. The number of rotatable bonds is 5. The van der Waals surface area contributed by atoms with Crippen molar-refractivity contribution in [2.24, 2.45) is 0 Å². The van der Waals surface area contributed by atoms with Crippen LogP contribution in [-0.4, -0.2) is 22.0 Å². The number of hydrazine groups is 1. The number of nitrogens with one attached hydrogen (secondary N) is 3. The number of amides is 2. The third kappa shape index (κ3) is 4.92. The van der Waals surface area contributed by atoms with E-state index in [-0.39, 0.29) is 17.1 Å². The number of hydrogen-bond donors (Lipinski definition) is 3. The molecule has 1 atom stereocenters. The number of thioether (sulfide) groups is 1. The van der Waals surface area contributed by atoms with E-state index >= 15 is 0 Å². The minimum Gasteiger partial charge on any atom is -0.356 e. The van der Waals surface area contributed by atoms with Gasteiger partial charge in [-0.3, -0.25) is 20.4 Å². The van der Waals surface area contributed by atoms with E-state index in [4.69, 9.17) is 0 Å². The Bertz CT molecular complexity index is 645. The summed E-state index contributed by atoms with van der Waals surface area (Å²) in [4.78, 5) is 26.5. The molecule has 5 nitrogen and oxygen atoms in total. The standard InChI is InChI=1S/C15H16BrN3O2S/c1-10(22-9-11-5-3-2-4-6-11)14(20)18-19-15(21)13-7-12(16)8-17-13/h2-8,10,17H,9H2,1H3,(H,18,20)(H,19,21). The van der Waals surface area contributed by atoms with Crippen molar-refractivity contribution in [3.8, 4) is 0 Å². The van der Waals surface area contributed by atoms with Gasteiger partial charge in [0.2, 0.25) is 0 Å². The molecule has 2 rings (SSSR count). The van der Waals surface area contributed by atoms with Crippen molar-refractivity contribution >= 4 is 39.5 Å². The quantitative estimate of drug-likeness (QED) is 0.697. The van der Waals surface area contributed by atoms with Gasteiger partial charge in [-0.05, 0) is 34.5 Å². The lowest BCUT2D eigenvalue weighted by Gasteiger charge is -2.12. The van der Waals surface area contributed by atoms with Gasteiger partial charge in [-0.1, -0.05) is 30.3 Å². The second-order valence-corrected chi connectivity index (χ2v) is 6.86. The molecular formula is C15H16BrN3O2S. The molecule has 116 valence electrons. The van der Waals surface area contributed by atoms with E-state index in [1.807, 2.05) is 30.3 Å². The van der Waals surface area contributed by atoms with Crippen LogP contribution < -0.4 is 10.9 Å². The highest BCUT2D eigenvalue weighted by molar-refractivity contribution is 9.10. The fourth-order valence-corrected chi connectivity index (χ4v) is 2.85. The first-order chi connectivity index (χ1) is 10.6. The summed E-state index contributed by atoms with van der Waals surface area (Å²) in [7, 11) is 0. The van der Waals surface area contributed by atoms with Gasteiger partial charge in [0.05, 0.1) is 5.25 Å². The van der Waals surface area contributed by atoms with Crippen molar-refractivity contribution in [2.75, 3.05) is 0 Å². The lowest BCUT2D eigenvalue weighted by molar-refractivity contribution is -0.121. The predicted molar refractivity (Wildman–Crippen MR) is 91.3 cm³/mol. The van der Waals surface area contributed by atoms with Gasteiger partial charge in [0.15, 0.2) is 0 Å². The SMILES string of the molecule is CC(SCc1ccccc1)C(=O)NNC(=O)c1cc(Br)c[nH]1. The van der Waals surface area contributed by atoms with E-state index in [9.17, 15) is 9.59 Å². The largest absolute Gasteiger partial charge is 0.356 e. The van der Waals surface area contributed by atoms with Crippen LogP contribution in [0.1, 0.15) is 23.0 Å². The third-order valence-electron chi connectivity index (χ3n) is 2.90. The Hall–Kier alpha value is -1.73. The minimum absolute atomic E-state index is 0.236. The molecule has 0 aliphatic carbocycles. The molecule has 0 radical (unpaired) electrons. The summed E-state index contributed by atoms with van der Waals surface area (Å²) in [6, 6.07) is 11.6. The van der Waals surface area contributed by atoms with Crippen molar-refractivity contribution in [3.05, 3.63) is 58.3 Å². The van der Waals surface area contributed by atoms with Crippen molar-refractivity contribution < 1.29 is 9.59 Å². The zero-order chi connectivity index (χ0) is 15.9. The van der Waals surface area contributed by atoms with Gasteiger partial charge in [0.25, 0.3) is 11.8 Å². The molecule has 7 heteroatoms. The number of H-pyrrole nitrogens is 1. The zero-order valence-corrected chi connectivity index (χ0v) is 14.3. The van der Waals surface area contributed by atoms with Crippen molar-refractivity contribution in [1.82, 2.24) is 15.8 Å². The number of carbonyl (C=O) groups excluding carboxylic acids is 2. The Morgan fingerprint density at radius 1 is 1.27 bits per heavy atom. The molecule has 1 unspecified atom stereocenters. The average molecular weight is 382 g/mol. The Labute approximate surface area is 141 Å². The monoisotopic (exact) mass is 381 g/mol. The normalized spacial score (nSPS) is 11.7. The minimum atomic E-state index is -0.390. The number of halogens is 1. The van der Waals surface area contributed by atoms with Crippen LogP contribution in [0.2, 0.25) is 0 Å². The second kappa shape index (κ2) is 8.05. The van der Waals surface area contributed by atoms with E-state index in [1.165, 1.54) is 11.8 Å². The maximum absolute atomic E-state index is 11.9. The van der Waals surface area contributed by atoms with E-state index in [2.05, 4.69) is 31.8 Å². The molecule has 0 saturated carbocycles. The van der Waals surface area contributed by atoms with Crippen LogP contribution >= 0.6 is 27.7 Å². The van der Waals surface area contributed by atoms with Gasteiger partial charge < -0.3 is 4.98 Å². The first kappa shape index (κ1) is 16.6. The summed E-state index contributed by atoms with van der Waals surface area (Å²) in [5.74, 6) is 0.117. The van der Waals surface area contributed by atoms with Crippen LogP contribution in [0.5, 0.6) is 0 Å². The molecule has 0 aliphatic rings. The number of aromatic nitrogens is 1. The third-order valence-corrected chi connectivity index (χ3v) is 4.58. The summed E-state index contributed by atoms with van der Waals surface area (Å²) in [6.07, 6.45) is 1.65. The molecule has 2 amide bonds. The van der Waals surface area contributed by atoms with Crippen LogP contribution in [0.15, 0.2) is 47.1 Å². The highest BCUT2D eigenvalue weighted by Crippen LogP contribution is 2.17.